The first kappa shape index (κ1) is 15.7. The first-order valence-electron chi connectivity index (χ1n) is 6.13. The van der Waals surface area contributed by atoms with Gasteiger partial charge in [-0.3, -0.25) is 14.4 Å². The SMILES string of the molecule is O=C(O)CCC(CC(=O)OCc1ccccc1)C(=O)O. The molecule has 0 aromatic heterocycles. The maximum absolute atomic E-state index is 11.5. The van der Waals surface area contributed by atoms with Crippen molar-refractivity contribution in [3.8, 4) is 0 Å². The van der Waals surface area contributed by atoms with Gasteiger partial charge in [0.1, 0.15) is 6.61 Å². The van der Waals surface area contributed by atoms with Crippen LogP contribution in [-0.4, -0.2) is 28.1 Å². The average Bonchev–Trinajstić information content (AvgIpc) is 2.41. The minimum absolute atomic E-state index is 0.0743. The highest BCUT2D eigenvalue weighted by molar-refractivity contribution is 5.79. The summed E-state index contributed by atoms with van der Waals surface area (Å²) in [6.07, 6.45) is -0.705. The van der Waals surface area contributed by atoms with Crippen LogP contribution in [0.5, 0.6) is 0 Å². The summed E-state index contributed by atoms with van der Waals surface area (Å²) in [6, 6.07) is 9.00. The molecule has 2 N–H and O–H groups in total. The van der Waals surface area contributed by atoms with Crippen LogP contribution in [0, 0.1) is 5.92 Å². The fraction of sp³-hybridized carbons (Fsp3) is 0.357. The van der Waals surface area contributed by atoms with Crippen molar-refractivity contribution in [1.29, 1.82) is 0 Å². The van der Waals surface area contributed by atoms with Crippen LogP contribution < -0.4 is 0 Å². The number of rotatable bonds is 8. The Bertz CT molecular complexity index is 468. The molecule has 0 aliphatic carbocycles. The second-order valence-corrected chi connectivity index (χ2v) is 4.32. The third-order valence-corrected chi connectivity index (χ3v) is 2.71. The van der Waals surface area contributed by atoms with Gasteiger partial charge in [-0.1, -0.05) is 30.3 Å². The van der Waals surface area contributed by atoms with Crippen molar-refractivity contribution in [2.24, 2.45) is 5.92 Å². The number of ether oxygens (including phenoxy) is 1. The highest BCUT2D eigenvalue weighted by atomic mass is 16.5. The van der Waals surface area contributed by atoms with Gasteiger partial charge in [-0.2, -0.15) is 0 Å². The maximum Gasteiger partial charge on any atom is 0.307 e. The van der Waals surface area contributed by atoms with E-state index in [0.29, 0.717) is 0 Å². The topological polar surface area (TPSA) is 101 Å². The standard InChI is InChI=1S/C14H16O6/c15-12(16)7-6-11(14(18)19)8-13(17)20-9-10-4-2-1-3-5-10/h1-5,11H,6-9H2,(H,15,16)(H,18,19). The van der Waals surface area contributed by atoms with Crippen LogP contribution in [0.3, 0.4) is 0 Å². The molecule has 1 atom stereocenters. The number of carbonyl (C=O) groups is 3. The fourth-order valence-electron chi connectivity index (χ4n) is 1.61. The van der Waals surface area contributed by atoms with Gasteiger partial charge in [0.2, 0.25) is 0 Å². The van der Waals surface area contributed by atoms with Gasteiger partial charge in [0.05, 0.1) is 12.3 Å². The number of benzene rings is 1. The normalized spacial score (nSPS) is 11.6. The van der Waals surface area contributed by atoms with Gasteiger partial charge in [-0.25, -0.2) is 0 Å². The van der Waals surface area contributed by atoms with Crippen molar-refractivity contribution in [3.05, 3.63) is 35.9 Å². The summed E-state index contributed by atoms with van der Waals surface area (Å²) in [5, 5.41) is 17.4. The van der Waals surface area contributed by atoms with Crippen LogP contribution in [-0.2, 0) is 25.7 Å². The predicted octanol–water partition coefficient (Wildman–Crippen LogP) is 1.69. The third kappa shape index (κ3) is 5.99. The van der Waals surface area contributed by atoms with Gasteiger partial charge in [0, 0.05) is 6.42 Å². The smallest absolute Gasteiger partial charge is 0.307 e. The Balaban J connectivity index is 2.41. The van der Waals surface area contributed by atoms with Crippen molar-refractivity contribution in [1.82, 2.24) is 0 Å². The minimum Gasteiger partial charge on any atom is -0.481 e. The lowest BCUT2D eigenvalue weighted by molar-refractivity contribution is -0.153. The van der Waals surface area contributed by atoms with E-state index < -0.39 is 23.8 Å². The van der Waals surface area contributed by atoms with Crippen LogP contribution in [0.25, 0.3) is 0 Å². The molecule has 0 spiro atoms. The number of hydrogen-bond donors (Lipinski definition) is 2. The molecule has 1 unspecified atom stereocenters. The summed E-state index contributed by atoms with van der Waals surface area (Å²) < 4.78 is 4.97. The molecule has 6 nitrogen and oxygen atoms in total. The van der Waals surface area contributed by atoms with Gasteiger partial charge in [-0.15, -0.1) is 0 Å². The van der Waals surface area contributed by atoms with Crippen LogP contribution in [0.2, 0.25) is 0 Å². The van der Waals surface area contributed by atoms with E-state index in [1.165, 1.54) is 0 Å². The van der Waals surface area contributed by atoms with E-state index in [1.54, 1.807) is 24.3 Å². The summed E-state index contributed by atoms with van der Waals surface area (Å²) >= 11 is 0. The van der Waals surface area contributed by atoms with E-state index in [-0.39, 0.29) is 25.9 Å². The molecule has 0 fully saturated rings. The zero-order valence-corrected chi connectivity index (χ0v) is 10.8. The molecule has 0 aliphatic heterocycles. The van der Waals surface area contributed by atoms with Crippen molar-refractivity contribution < 1.29 is 29.3 Å². The lowest BCUT2D eigenvalue weighted by Gasteiger charge is -2.10. The van der Waals surface area contributed by atoms with E-state index in [4.69, 9.17) is 14.9 Å². The predicted molar refractivity (Wildman–Crippen MR) is 68.9 cm³/mol. The zero-order chi connectivity index (χ0) is 15.0. The highest BCUT2D eigenvalue weighted by Crippen LogP contribution is 2.13. The van der Waals surface area contributed by atoms with E-state index in [1.807, 2.05) is 6.07 Å². The number of hydrogen-bond acceptors (Lipinski definition) is 4. The van der Waals surface area contributed by atoms with E-state index in [9.17, 15) is 14.4 Å². The first-order valence-corrected chi connectivity index (χ1v) is 6.13. The van der Waals surface area contributed by atoms with E-state index in [0.717, 1.165) is 5.56 Å². The third-order valence-electron chi connectivity index (χ3n) is 2.71. The van der Waals surface area contributed by atoms with Crippen molar-refractivity contribution in [2.75, 3.05) is 0 Å². The second-order valence-electron chi connectivity index (χ2n) is 4.32. The molecule has 1 rings (SSSR count). The molecule has 0 heterocycles. The number of carboxylic acids is 2. The largest absolute Gasteiger partial charge is 0.481 e. The molecule has 20 heavy (non-hydrogen) atoms. The van der Waals surface area contributed by atoms with E-state index >= 15 is 0 Å². The Hall–Kier alpha value is -2.37. The summed E-state index contributed by atoms with van der Waals surface area (Å²) in [5.41, 5.74) is 0.804. The first-order chi connectivity index (χ1) is 9.49. The van der Waals surface area contributed by atoms with Crippen LogP contribution in [0.1, 0.15) is 24.8 Å². The van der Waals surface area contributed by atoms with Gasteiger partial charge in [0.25, 0.3) is 0 Å². The lowest BCUT2D eigenvalue weighted by atomic mass is 10.00. The molecular formula is C14H16O6. The Kier molecular flexibility index (Phi) is 6.22. The Morgan fingerprint density at radius 2 is 1.75 bits per heavy atom. The molecule has 0 aliphatic rings. The Morgan fingerprint density at radius 3 is 2.30 bits per heavy atom. The second kappa shape index (κ2) is 7.93. The van der Waals surface area contributed by atoms with Crippen LogP contribution in [0.15, 0.2) is 30.3 Å². The Labute approximate surface area is 116 Å². The van der Waals surface area contributed by atoms with Gasteiger partial charge < -0.3 is 14.9 Å². The lowest BCUT2D eigenvalue weighted by Crippen LogP contribution is -2.20. The van der Waals surface area contributed by atoms with Gasteiger partial charge in [0.15, 0.2) is 0 Å². The monoisotopic (exact) mass is 280 g/mol. The Morgan fingerprint density at radius 1 is 1.10 bits per heavy atom. The van der Waals surface area contributed by atoms with Crippen LogP contribution >= 0.6 is 0 Å². The maximum atomic E-state index is 11.5. The van der Waals surface area contributed by atoms with Crippen LogP contribution in [0.4, 0.5) is 0 Å². The summed E-state index contributed by atoms with van der Waals surface area (Å²) in [4.78, 5) is 32.9. The molecule has 108 valence electrons. The molecular weight excluding hydrogens is 264 g/mol. The van der Waals surface area contributed by atoms with Crippen molar-refractivity contribution in [2.45, 2.75) is 25.9 Å². The molecule has 0 amide bonds. The quantitative estimate of drug-likeness (QED) is 0.703. The van der Waals surface area contributed by atoms with Gasteiger partial charge >= 0.3 is 17.9 Å². The zero-order valence-electron chi connectivity index (χ0n) is 10.8. The van der Waals surface area contributed by atoms with Gasteiger partial charge in [-0.05, 0) is 12.0 Å². The fourth-order valence-corrected chi connectivity index (χ4v) is 1.61. The highest BCUT2D eigenvalue weighted by Gasteiger charge is 2.22. The number of carboxylic acid groups (broad SMARTS) is 2. The molecule has 1 aromatic rings. The minimum atomic E-state index is -1.19. The molecule has 0 saturated heterocycles. The van der Waals surface area contributed by atoms with Crippen molar-refractivity contribution >= 4 is 17.9 Å². The average molecular weight is 280 g/mol. The summed E-state index contributed by atoms with van der Waals surface area (Å²) in [7, 11) is 0. The molecule has 6 heteroatoms. The summed E-state index contributed by atoms with van der Waals surface area (Å²) in [5.74, 6) is -3.96. The number of aliphatic carboxylic acids is 2. The molecule has 0 radical (unpaired) electrons. The number of esters is 1. The number of carbonyl (C=O) groups excluding carboxylic acids is 1. The van der Waals surface area contributed by atoms with E-state index in [2.05, 4.69) is 0 Å². The summed E-state index contributed by atoms with van der Waals surface area (Å²) in [6.45, 7) is 0.0743. The van der Waals surface area contributed by atoms with Crippen molar-refractivity contribution in [3.63, 3.8) is 0 Å². The molecule has 0 bridgehead atoms. The molecule has 0 saturated carbocycles. The molecule has 1 aromatic carbocycles.